The second kappa shape index (κ2) is 11.3. The van der Waals surface area contributed by atoms with E-state index in [1.165, 1.54) is 49.7 Å². The fourth-order valence-electron chi connectivity index (χ4n) is 6.56. The zero-order valence-corrected chi connectivity index (χ0v) is 20.3. The highest BCUT2D eigenvalue weighted by atomic mass is 16.2. The Morgan fingerprint density at radius 3 is 2.69 bits per heavy atom. The molecule has 0 spiro atoms. The molecule has 2 fully saturated rings. The lowest BCUT2D eigenvalue weighted by molar-refractivity contribution is -0.126. The Morgan fingerprint density at radius 2 is 1.91 bits per heavy atom. The number of amides is 2. The topological polar surface area (TPSA) is 84.2 Å². The van der Waals surface area contributed by atoms with Crippen LogP contribution in [0.3, 0.4) is 0 Å². The summed E-state index contributed by atoms with van der Waals surface area (Å²) in [4.78, 5) is 24.2. The molecule has 0 heterocycles. The molecule has 2 saturated carbocycles. The number of unbranched alkanes of at least 4 members (excludes halogenated alkanes) is 1. The first-order valence-electron chi connectivity index (χ1n) is 12.9. The molecule has 4 N–H and O–H groups in total. The molecule has 5 heteroatoms. The molecule has 2 amide bonds. The number of fused-ring (bicyclic) bond motifs is 5. The zero-order chi connectivity index (χ0) is 23.1. The maximum absolute atomic E-state index is 12.3. The molecule has 3 aliphatic rings. The van der Waals surface area contributed by atoms with Crippen LogP contribution < -0.4 is 16.4 Å². The summed E-state index contributed by atoms with van der Waals surface area (Å²) in [6.07, 6.45) is 10.9. The van der Waals surface area contributed by atoms with Crippen molar-refractivity contribution in [3.63, 3.8) is 0 Å². The summed E-state index contributed by atoms with van der Waals surface area (Å²) in [5.74, 6) is 1.94. The van der Waals surface area contributed by atoms with Gasteiger partial charge in [-0.25, -0.2) is 0 Å². The van der Waals surface area contributed by atoms with Gasteiger partial charge in [-0.15, -0.1) is 0 Å². The standard InChI is InChI=1S/C25H37N3O2.C2H6/c1-25-11-4-5-22(25)21-8-6-17-15-18(7-9-19(17)20(21)10-12-25)28-24(30)16-23(29)27-14-3-2-13-26;1-2/h7,9,15,20-22H,2-6,8,10-14,16,26H2,1H3,(H,27,29)(H,28,30);1-2H3/t20?,21?,22?,25-;/m0./s1. The first-order chi connectivity index (χ1) is 15.5. The maximum Gasteiger partial charge on any atom is 0.233 e. The molecule has 4 atom stereocenters. The first-order valence-corrected chi connectivity index (χ1v) is 12.9. The fourth-order valence-corrected chi connectivity index (χ4v) is 6.56. The van der Waals surface area contributed by atoms with E-state index in [0.717, 1.165) is 36.8 Å². The number of nitrogens with one attached hydrogen (secondary N) is 2. The van der Waals surface area contributed by atoms with Gasteiger partial charge in [0.1, 0.15) is 6.42 Å². The van der Waals surface area contributed by atoms with Crippen LogP contribution in [0.1, 0.15) is 95.6 Å². The smallest absolute Gasteiger partial charge is 0.233 e. The SMILES string of the molecule is CC.C[C@@]12CCCC1C1CCc3cc(NC(=O)CC(=O)NCCCCN)ccc3C1CC2. The number of carbonyl (C=O) groups is 2. The van der Waals surface area contributed by atoms with Crippen LogP contribution >= 0.6 is 0 Å². The molecule has 0 radical (unpaired) electrons. The third-order valence-corrected chi connectivity index (χ3v) is 8.07. The van der Waals surface area contributed by atoms with Crippen LogP contribution in [0.25, 0.3) is 0 Å². The molecular formula is C27H43N3O2. The van der Waals surface area contributed by atoms with Crippen LogP contribution in [0.5, 0.6) is 0 Å². The minimum Gasteiger partial charge on any atom is -0.356 e. The summed E-state index contributed by atoms with van der Waals surface area (Å²) >= 11 is 0. The highest BCUT2D eigenvalue weighted by Gasteiger charge is 2.50. The normalized spacial score (nSPS) is 27.8. The molecule has 3 aliphatic carbocycles. The van der Waals surface area contributed by atoms with Gasteiger partial charge in [0.2, 0.25) is 11.8 Å². The van der Waals surface area contributed by atoms with Crippen LogP contribution in [-0.2, 0) is 16.0 Å². The number of rotatable bonds is 7. The van der Waals surface area contributed by atoms with Gasteiger partial charge in [-0.2, -0.15) is 0 Å². The quantitative estimate of drug-likeness (QED) is 0.404. The number of benzene rings is 1. The molecule has 1 aromatic rings. The van der Waals surface area contributed by atoms with E-state index < -0.39 is 0 Å². The van der Waals surface area contributed by atoms with Crippen LogP contribution in [0.4, 0.5) is 5.69 Å². The maximum atomic E-state index is 12.3. The monoisotopic (exact) mass is 441 g/mol. The predicted octanol–water partition coefficient (Wildman–Crippen LogP) is 5.14. The summed E-state index contributed by atoms with van der Waals surface area (Å²) in [6.45, 7) is 7.73. The number of aryl methyl sites for hydroxylation is 1. The molecule has 4 rings (SSSR count). The Hall–Kier alpha value is -1.88. The van der Waals surface area contributed by atoms with E-state index in [-0.39, 0.29) is 18.2 Å². The number of nitrogens with two attached hydrogens (primary N) is 1. The molecule has 5 nitrogen and oxygen atoms in total. The lowest BCUT2D eigenvalue weighted by atomic mass is 9.56. The molecular weight excluding hydrogens is 398 g/mol. The van der Waals surface area contributed by atoms with Crippen LogP contribution in [0, 0.1) is 17.3 Å². The minimum atomic E-state index is -0.251. The average molecular weight is 442 g/mol. The van der Waals surface area contributed by atoms with Crippen LogP contribution in [0.15, 0.2) is 18.2 Å². The minimum absolute atomic E-state index is 0.134. The van der Waals surface area contributed by atoms with Crippen molar-refractivity contribution in [3.05, 3.63) is 29.3 Å². The summed E-state index contributed by atoms with van der Waals surface area (Å²) < 4.78 is 0. The third kappa shape index (κ3) is 5.54. The molecule has 0 aliphatic heterocycles. The number of carbonyl (C=O) groups excluding carboxylic acids is 2. The molecule has 3 unspecified atom stereocenters. The second-order valence-electron chi connectivity index (χ2n) is 9.98. The van der Waals surface area contributed by atoms with Gasteiger partial charge in [0.15, 0.2) is 0 Å². The highest BCUT2D eigenvalue weighted by Crippen LogP contribution is 2.60. The van der Waals surface area contributed by atoms with Gasteiger partial charge in [0, 0.05) is 12.2 Å². The Kier molecular flexibility index (Phi) is 8.75. The first kappa shape index (κ1) is 24.8. The van der Waals surface area contributed by atoms with Crippen molar-refractivity contribution in [2.45, 2.75) is 90.9 Å². The summed E-state index contributed by atoms with van der Waals surface area (Å²) in [5.41, 5.74) is 9.74. The number of hydrogen-bond acceptors (Lipinski definition) is 3. The lowest BCUT2D eigenvalue weighted by Crippen LogP contribution is -2.39. The third-order valence-electron chi connectivity index (χ3n) is 8.07. The largest absolute Gasteiger partial charge is 0.356 e. The zero-order valence-electron chi connectivity index (χ0n) is 20.3. The van der Waals surface area contributed by atoms with Crippen molar-refractivity contribution in [2.75, 3.05) is 18.4 Å². The average Bonchev–Trinajstić information content (AvgIpc) is 3.19. The molecule has 0 saturated heterocycles. The van der Waals surface area contributed by atoms with Gasteiger partial charge in [-0.1, -0.05) is 33.3 Å². The van der Waals surface area contributed by atoms with Crippen molar-refractivity contribution in [3.8, 4) is 0 Å². The Balaban J connectivity index is 0.00000141. The van der Waals surface area contributed by atoms with Gasteiger partial charge < -0.3 is 16.4 Å². The van der Waals surface area contributed by atoms with Gasteiger partial charge in [0.05, 0.1) is 0 Å². The summed E-state index contributed by atoms with van der Waals surface area (Å²) in [6, 6.07) is 6.41. The number of anilines is 1. The van der Waals surface area contributed by atoms with Crippen LogP contribution in [-0.4, -0.2) is 24.9 Å². The van der Waals surface area contributed by atoms with Crippen LogP contribution in [0.2, 0.25) is 0 Å². The predicted molar refractivity (Wildman–Crippen MR) is 132 cm³/mol. The molecule has 32 heavy (non-hydrogen) atoms. The summed E-state index contributed by atoms with van der Waals surface area (Å²) in [5, 5.41) is 5.70. The van der Waals surface area contributed by atoms with Gasteiger partial charge in [-0.05, 0) is 104 Å². The Labute approximate surface area is 194 Å². The van der Waals surface area contributed by atoms with Gasteiger partial charge in [0.25, 0.3) is 0 Å². The Bertz CT molecular complexity index is 793. The van der Waals surface area contributed by atoms with Crippen molar-refractivity contribution in [1.29, 1.82) is 0 Å². The lowest BCUT2D eigenvalue weighted by Gasteiger charge is -2.49. The van der Waals surface area contributed by atoms with E-state index in [1.54, 1.807) is 0 Å². The van der Waals surface area contributed by atoms with Crippen molar-refractivity contribution in [1.82, 2.24) is 5.32 Å². The Morgan fingerprint density at radius 1 is 1.09 bits per heavy atom. The van der Waals surface area contributed by atoms with E-state index in [4.69, 9.17) is 5.73 Å². The van der Waals surface area contributed by atoms with Gasteiger partial charge >= 0.3 is 0 Å². The molecule has 0 bridgehead atoms. The summed E-state index contributed by atoms with van der Waals surface area (Å²) in [7, 11) is 0. The molecule has 178 valence electrons. The van der Waals surface area contributed by atoms with Crippen molar-refractivity contribution >= 4 is 17.5 Å². The van der Waals surface area contributed by atoms with E-state index in [9.17, 15) is 9.59 Å². The fraction of sp³-hybridized carbons (Fsp3) is 0.704. The molecule has 1 aromatic carbocycles. The van der Waals surface area contributed by atoms with Crippen molar-refractivity contribution < 1.29 is 9.59 Å². The van der Waals surface area contributed by atoms with E-state index in [1.807, 2.05) is 19.9 Å². The highest BCUT2D eigenvalue weighted by molar-refractivity contribution is 6.03. The molecule has 0 aromatic heterocycles. The van der Waals surface area contributed by atoms with E-state index >= 15 is 0 Å². The van der Waals surface area contributed by atoms with E-state index in [0.29, 0.717) is 24.4 Å². The number of hydrogen-bond donors (Lipinski definition) is 3. The second-order valence-corrected chi connectivity index (χ2v) is 9.98. The van der Waals surface area contributed by atoms with E-state index in [2.05, 4.69) is 29.7 Å². The van der Waals surface area contributed by atoms with Gasteiger partial charge in [-0.3, -0.25) is 9.59 Å². The van der Waals surface area contributed by atoms with Crippen molar-refractivity contribution in [2.24, 2.45) is 23.0 Å².